The van der Waals surface area contributed by atoms with Crippen molar-refractivity contribution in [3.05, 3.63) is 52.8 Å². The summed E-state index contributed by atoms with van der Waals surface area (Å²) in [5.41, 5.74) is 6.46. The zero-order valence-corrected chi connectivity index (χ0v) is 15.0. The van der Waals surface area contributed by atoms with E-state index in [1.807, 2.05) is 0 Å². The van der Waals surface area contributed by atoms with E-state index in [-0.39, 0.29) is 11.6 Å². The van der Waals surface area contributed by atoms with Gasteiger partial charge in [0.1, 0.15) is 17.3 Å². The summed E-state index contributed by atoms with van der Waals surface area (Å²) in [5, 5.41) is 9.38. The molecule has 2 rings (SSSR count). The van der Waals surface area contributed by atoms with E-state index >= 15 is 0 Å². The predicted octanol–water partition coefficient (Wildman–Crippen LogP) is 5.13. The van der Waals surface area contributed by atoms with Crippen molar-refractivity contribution in [1.82, 2.24) is 4.90 Å². The van der Waals surface area contributed by atoms with Gasteiger partial charge in [0.25, 0.3) is 0 Å². The van der Waals surface area contributed by atoms with Crippen molar-refractivity contribution in [3.8, 4) is 11.5 Å². The van der Waals surface area contributed by atoms with Crippen LogP contribution in [-0.2, 0) is 6.54 Å². The van der Waals surface area contributed by atoms with E-state index in [1.165, 1.54) is 23.1 Å². The lowest BCUT2D eigenvalue weighted by Crippen LogP contribution is -2.44. The minimum Gasteiger partial charge on any atom is -0.465 e. The number of ether oxygens (including phenoxy) is 1. The molecule has 0 aliphatic carbocycles. The van der Waals surface area contributed by atoms with E-state index in [1.54, 1.807) is 39.0 Å². The minimum atomic E-state index is -1.04. The van der Waals surface area contributed by atoms with Crippen LogP contribution in [0.3, 0.4) is 0 Å². The summed E-state index contributed by atoms with van der Waals surface area (Å²) in [4.78, 5) is 12.8. The molecule has 0 saturated heterocycles. The van der Waals surface area contributed by atoms with E-state index in [2.05, 4.69) is 0 Å². The number of nitrogens with zero attached hydrogens (tertiary/aromatic N) is 1. The van der Waals surface area contributed by atoms with Crippen molar-refractivity contribution >= 4 is 23.4 Å². The van der Waals surface area contributed by atoms with Gasteiger partial charge in [0.2, 0.25) is 0 Å². The number of carboxylic acid groups (broad SMARTS) is 1. The highest BCUT2D eigenvalue weighted by molar-refractivity contribution is 6.30. The van der Waals surface area contributed by atoms with Gasteiger partial charge in [-0.15, -0.1) is 0 Å². The normalized spacial score (nSPS) is 11.2. The summed E-state index contributed by atoms with van der Waals surface area (Å²) in [6, 6.07) is 8.98. The second-order valence-corrected chi connectivity index (χ2v) is 6.99. The van der Waals surface area contributed by atoms with Crippen LogP contribution in [-0.4, -0.2) is 21.6 Å². The molecular formula is C18H20ClFN2O3. The second-order valence-electron chi connectivity index (χ2n) is 6.58. The molecule has 0 aliphatic rings. The number of benzene rings is 2. The van der Waals surface area contributed by atoms with Crippen LogP contribution >= 0.6 is 11.6 Å². The largest absolute Gasteiger partial charge is 0.465 e. The first-order valence-corrected chi connectivity index (χ1v) is 7.97. The third kappa shape index (κ3) is 4.76. The quantitative estimate of drug-likeness (QED) is 0.735. The SMILES string of the molecule is CC(C)(C)N(Cc1cc(Oc2ccc(F)c(Cl)c2)ccc1N)C(=O)O. The molecule has 3 N–H and O–H groups in total. The fraction of sp³-hybridized carbons (Fsp3) is 0.278. The molecule has 0 atom stereocenters. The number of rotatable bonds is 4. The van der Waals surface area contributed by atoms with Gasteiger partial charge in [0.05, 0.1) is 11.6 Å². The average Bonchev–Trinajstić information content (AvgIpc) is 2.49. The highest BCUT2D eigenvalue weighted by atomic mass is 35.5. The summed E-state index contributed by atoms with van der Waals surface area (Å²) < 4.78 is 18.9. The fourth-order valence-electron chi connectivity index (χ4n) is 2.22. The number of hydrogen-bond donors (Lipinski definition) is 2. The van der Waals surface area contributed by atoms with Crippen LogP contribution in [0.25, 0.3) is 0 Å². The zero-order chi connectivity index (χ0) is 18.8. The van der Waals surface area contributed by atoms with Crippen molar-refractivity contribution in [2.24, 2.45) is 0 Å². The van der Waals surface area contributed by atoms with Crippen LogP contribution in [0.1, 0.15) is 26.3 Å². The maximum absolute atomic E-state index is 13.2. The Morgan fingerprint density at radius 3 is 2.40 bits per heavy atom. The molecule has 0 bridgehead atoms. The number of nitrogens with two attached hydrogens (primary N) is 1. The van der Waals surface area contributed by atoms with E-state index in [9.17, 15) is 14.3 Å². The molecule has 0 aliphatic heterocycles. The van der Waals surface area contributed by atoms with Crippen LogP contribution in [0.5, 0.6) is 11.5 Å². The van der Waals surface area contributed by atoms with Gasteiger partial charge in [0.15, 0.2) is 0 Å². The molecular weight excluding hydrogens is 347 g/mol. The third-order valence-corrected chi connectivity index (χ3v) is 3.90. The second kappa shape index (κ2) is 7.19. The molecule has 2 aromatic rings. The summed E-state index contributed by atoms with van der Waals surface area (Å²) in [6.45, 7) is 5.53. The lowest BCUT2D eigenvalue weighted by atomic mass is 10.0. The van der Waals surface area contributed by atoms with Crippen LogP contribution in [0.2, 0.25) is 5.02 Å². The standard InChI is InChI=1S/C18H20ClFN2O3/c1-18(2,3)22(17(23)24)10-11-8-12(5-7-16(11)21)25-13-4-6-15(20)14(19)9-13/h4-9H,10,21H2,1-3H3,(H,23,24). The Morgan fingerprint density at radius 1 is 1.24 bits per heavy atom. The fourth-order valence-corrected chi connectivity index (χ4v) is 2.39. The van der Waals surface area contributed by atoms with E-state index in [0.717, 1.165) is 0 Å². The number of hydrogen-bond acceptors (Lipinski definition) is 3. The monoisotopic (exact) mass is 366 g/mol. The Balaban J connectivity index is 2.27. The lowest BCUT2D eigenvalue weighted by molar-refractivity contribution is 0.0956. The lowest BCUT2D eigenvalue weighted by Gasteiger charge is -2.33. The maximum atomic E-state index is 13.2. The molecule has 134 valence electrons. The molecule has 0 unspecified atom stereocenters. The van der Waals surface area contributed by atoms with E-state index in [4.69, 9.17) is 22.1 Å². The van der Waals surface area contributed by atoms with Crippen molar-refractivity contribution in [3.63, 3.8) is 0 Å². The van der Waals surface area contributed by atoms with Crippen LogP contribution in [0, 0.1) is 5.82 Å². The number of nitrogen functional groups attached to an aromatic ring is 1. The molecule has 0 saturated carbocycles. The molecule has 0 aromatic heterocycles. The molecule has 25 heavy (non-hydrogen) atoms. The molecule has 0 radical (unpaired) electrons. The van der Waals surface area contributed by atoms with Gasteiger partial charge in [-0.05, 0) is 56.7 Å². The van der Waals surface area contributed by atoms with Gasteiger partial charge >= 0.3 is 6.09 Å². The number of amides is 1. The number of anilines is 1. The third-order valence-electron chi connectivity index (χ3n) is 3.61. The van der Waals surface area contributed by atoms with Crippen LogP contribution < -0.4 is 10.5 Å². The Hall–Kier alpha value is -2.47. The Bertz CT molecular complexity index is 790. The summed E-state index contributed by atoms with van der Waals surface area (Å²) in [6.07, 6.45) is -1.04. The van der Waals surface area contributed by atoms with Gasteiger partial charge in [0, 0.05) is 17.3 Å². The molecule has 0 fully saturated rings. The highest BCUT2D eigenvalue weighted by Gasteiger charge is 2.26. The van der Waals surface area contributed by atoms with Crippen molar-refractivity contribution < 1.29 is 19.0 Å². The topological polar surface area (TPSA) is 75.8 Å². The van der Waals surface area contributed by atoms with Gasteiger partial charge in [-0.3, -0.25) is 4.90 Å². The van der Waals surface area contributed by atoms with Crippen LogP contribution in [0.4, 0.5) is 14.9 Å². The Kier molecular flexibility index (Phi) is 5.42. The average molecular weight is 367 g/mol. The molecule has 2 aromatic carbocycles. The first-order valence-electron chi connectivity index (χ1n) is 7.60. The van der Waals surface area contributed by atoms with Crippen LogP contribution in [0.15, 0.2) is 36.4 Å². The first-order chi connectivity index (χ1) is 11.6. The summed E-state index contributed by atoms with van der Waals surface area (Å²) in [5.74, 6) is 0.286. The van der Waals surface area contributed by atoms with Gasteiger partial charge in [-0.2, -0.15) is 0 Å². The van der Waals surface area contributed by atoms with Gasteiger partial charge in [-0.25, -0.2) is 9.18 Å². The summed E-state index contributed by atoms with van der Waals surface area (Å²) >= 11 is 5.74. The maximum Gasteiger partial charge on any atom is 0.408 e. The van der Waals surface area contributed by atoms with Gasteiger partial charge < -0.3 is 15.6 Å². The predicted molar refractivity (Wildman–Crippen MR) is 95.7 cm³/mol. The number of halogens is 2. The Labute approximate surface area is 150 Å². The molecule has 0 heterocycles. The first kappa shape index (κ1) is 18.9. The van der Waals surface area contributed by atoms with Gasteiger partial charge in [-0.1, -0.05) is 11.6 Å². The van der Waals surface area contributed by atoms with Crippen molar-refractivity contribution in [2.75, 3.05) is 5.73 Å². The van der Waals surface area contributed by atoms with Crippen molar-refractivity contribution in [2.45, 2.75) is 32.9 Å². The number of carbonyl (C=O) groups is 1. The van der Waals surface area contributed by atoms with E-state index in [0.29, 0.717) is 22.7 Å². The highest BCUT2D eigenvalue weighted by Crippen LogP contribution is 2.29. The molecule has 0 spiro atoms. The molecule has 5 nitrogen and oxygen atoms in total. The van der Waals surface area contributed by atoms with Crippen molar-refractivity contribution in [1.29, 1.82) is 0 Å². The zero-order valence-electron chi connectivity index (χ0n) is 14.2. The Morgan fingerprint density at radius 2 is 1.84 bits per heavy atom. The summed E-state index contributed by atoms with van der Waals surface area (Å²) in [7, 11) is 0. The smallest absolute Gasteiger partial charge is 0.408 e. The van der Waals surface area contributed by atoms with E-state index < -0.39 is 17.4 Å². The minimum absolute atomic E-state index is 0.0436. The molecule has 1 amide bonds. The molecule has 7 heteroatoms.